The van der Waals surface area contributed by atoms with Gasteiger partial charge in [0.25, 0.3) is 0 Å². The Morgan fingerprint density at radius 3 is 2.27 bits per heavy atom. The molecule has 0 amide bonds. The average Bonchev–Trinajstić information content (AvgIpc) is 2.78. The Morgan fingerprint density at radius 2 is 1.57 bits per heavy atom. The van der Waals surface area contributed by atoms with Gasteiger partial charge in [0.1, 0.15) is 5.82 Å². The summed E-state index contributed by atoms with van der Waals surface area (Å²) in [6, 6.07) is 23.1. The molecule has 2 aromatic carbocycles. The summed E-state index contributed by atoms with van der Waals surface area (Å²) in [7, 11) is 0. The Hall–Kier alpha value is -3.58. The van der Waals surface area contributed by atoms with Crippen LogP contribution in [0.2, 0.25) is 0 Å². The van der Waals surface area contributed by atoms with Crippen molar-refractivity contribution in [1.29, 1.82) is 0 Å². The van der Waals surface area contributed by atoms with Crippen LogP contribution in [-0.4, -0.2) is 33.6 Å². The molecule has 30 heavy (non-hydrogen) atoms. The topological polar surface area (TPSA) is 84.2 Å². The summed E-state index contributed by atoms with van der Waals surface area (Å²) >= 11 is 0. The van der Waals surface area contributed by atoms with E-state index >= 15 is 0 Å². The molecule has 3 unspecified atom stereocenters. The minimum absolute atomic E-state index is 0.0388. The number of anilines is 1. The van der Waals surface area contributed by atoms with Crippen LogP contribution in [0.1, 0.15) is 18.7 Å². The molecule has 2 aromatic heterocycles. The lowest BCUT2D eigenvalue weighted by molar-refractivity contribution is -0.522. The fourth-order valence-electron chi connectivity index (χ4n) is 4.24. The second-order valence-corrected chi connectivity index (χ2v) is 7.61. The van der Waals surface area contributed by atoms with Crippen LogP contribution in [0.15, 0.2) is 72.8 Å². The molecule has 1 aliphatic rings. The van der Waals surface area contributed by atoms with Gasteiger partial charge in [-0.1, -0.05) is 42.5 Å². The molecule has 4 aromatic rings. The third kappa shape index (κ3) is 3.13. The maximum Gasteiger partial charge on any atom is 0.301 e. The van der Waals surface area contributed by atoms with Gasteiger partial charge in [-0.15, -0.1) is 0 Å². The van der Waals surface area contributed by atoms with E-state index in [0.717, 1.165) is 27.5 Å². The number of rotatable bonds is 3. The first-order valence-corrected chi connectivity index (χ1v) is 9.98. The Bertz CT molecular complexity index is 1240. The summed E-state index contributed by atoms with van der Waals surface area (Å²) < 4.78 is 0. The van der Waals surface area contributed by atoms with Gasteiger partial charge in [-0.3, -0.25) is 20.0 Å². The molecule has 3 atom stereocenters. The van der Waals surface area contributed by atoms with Gasteiger partial charge in [-0.2, -0.15) is 0 Å². The van der Waals surface area contributed by atoms with Crippen LogP contribution in [0, 0.1) is 10.1 Å². The lowest BCUT2D eigenvalue weighted by Crippen LogP contribution is -2.60. The monoisotopic (exact) mass is 399 g/mol. The van der Waals surface area contributed by atoms with Crippen LogP contribution in [-0.2, 0) is 0 Å². The molecule has 1 saturated heterocycles. The summed E-state index contributed by atoms with van der Waals surface area (Å²) in [5, 5.41) is 17.3. The molecule has 0 spiro atoms. The Labute approximate surface area is 173 Å². The van der Waals surface area contributed by atoms with Gasteiger partial charge >= 0.3 is 6.17 Å². The zero-order chi connectivity index (χ0) is 20.7. The Kier molecular flexibility index (Phi) is 4.52. The number of hydrogen-bond acceptors (Lipinski definition) is 6. The maximum absolute atomic E-state index is 12.0. The minimum Gasteiger partial charge on any atom is -0.304 e. The number of nitrogens with zero attached hydrogens (tertiary/aromatic N) is 4. The van der Waals surface area contributed by atoms with E-state index in [1.165, 1.54) is 0 Å². The number of nitrogens with one attached hydrogen (secondary N) is 1. The van der Waals surface area contributed by atoms with Crippen molar-refractivity contribution in [3.63, 3.8) is 0 Å². The molecular formula is C23H21N5O2. The highest BCUT2D eigenvalue weighted by Crippen LogP contribution is 2.34. The van der Waals surface area contributed by atoms with Crippen molar-refractivity contribution in [2.45, 2.75) is 25.2 Å². The Morgan fingerprint density at radius 1 is 0.933 bits per heavy atom. The molecule has 3 heterocycles. The van der Waals surface area contributed by atoms with Crippen LogP contribution in [0.5, 0.6) is 0 Å². The van der Waals surface area contributed by atoms with Crippen molar-refractivity contribution in [2.24, 2.45) is 0 Å². The molecule has 0 radical (unpaired) electrons. The first-order valence-electron chi connectivity index (χ1n) is 9.98. The van der Waals surface area contributed by atoms with E-state index < -0.39 is 6.17 Å². The van der Waals surface area contributed by atoms with Crippen molar-refractivity contribution >= 4 is 27.6 Å². The van der Waals surface area contributed by atoms with E-state index in [-0.39, 0.29) is 23.6 Å². The zero-order valence-electron chi connectivity index (χ0n) is 16.5. The van der Waals surface area contributed by atoms with Crippen molar-refractivity contribution in [1.82, 2.24) is 15.3 Å². The third-order valence-electron chi connectivity index (χ3n) is 5.73. The number of aromatic nitrogens is 2. The second kappa shape index (κ2) is 7.35. The van der Waals surface area contributed by atoms with Gasteiger partial charge < -0.3 is 5.32 Å². The van der Waals surface area contributed by atoms with Crippen LogP contribution in [0.25, 0.3) is 21.8 Å². The predicted octanol–water partition coefficient (Wildman–Crippen LogP) is 3.93. The highest BCUT2D eigenvalue weighted by Gasteiger charge is 2.43. The van der Waals surface area contributed by atoms with Gasteiger partial charge in [0.15, 0.2) is 0 Å². The minimum atomic E-state index is -0.937. The first-order chi connectivity index (χ1) is 14.6. The largest absolute Gasteiger partial charge is 0.304 e. The molecule has 7 heteroatoms. The quantitative estimate of drug-likeness (QED) is 0.415. The molecule has 0 saturated carbocycles. The number of para-hydroxylation sites is 2. The van der Waals surface area contributed by atoms with Gasteiger partial charge in [0.05, 0.1) is 29.3 Å². The van der Waals surface area contributed by atoms with E-state index in [9.17, 15) is 10.1 Å². The number of nitro groups is 1. The van der Waals surface area contributed by atoms with Crippen LogP contribution in [0.3, 0.4) is 0 Å². The number of piperazine rings is 1. The molecule has 5 rings (SSSR count). The average molecular weight is 399 g/mol. The van der Waals surface area contributed by atoms with E-state index in [2.05, 4.69) is 5.32 Å². The standard InChI is InChI=1S/C23H21N5O2/c1-15-23(20-12-10-16-6-2-4-8-18(16)25-20)27(22(14-24-15)28(29)30)21-13-11-17-7-3-5-9-19(17)26-21/h2-13,15,22-24H,14H2,1H3. The fraction of sp³-hybridized carbons (Fsp3) is 0.217. The van der Waals surface area contributed by atoms with E-state index in [1.807, 2.05) is 84.6 Å². The smallest absolute Gasteiger partial charge is 0.301 e. The predicted molar refractivity (Wildman–Crippen MR) is 117 cm³/mol. The summed E-state index contributed by atoms with van der Waals surface area (Å²) in [6.07, 6.45) is -0.937. The van der Waals surface area contributed by atoms with Gasteiger partial charge in [-0.25, -0.2) is 4.98 Å². The van der Waals surface area contributed by atoms with Crippen LogP contribution in [0.4, 0.5) is 5.82 Å². The molecular weight excluding hydrogens is 378 g/mol. The van der Waals surface area contributed by atoms with E-state index in [0.29, 0.717) is 5.82 Å². The van der Waals surface area contributed by atoms with E-state index in [4.69, 9.17) is 9.97 Å². The van der Waals surface area contributed by atoms with Gasteiger partial charge in [0, 0.05) is 21.7 Å². The SMILES string of the molecule is CC1NCC([N+](=O)[O-])N(c2ccc3ccccc3n2)C1c1ccc2ccccc2n1. The zero-order valence-corrected chi connectivity index (χ0v) is 16.5. The number of fused-ring (bicyclic) bond motifs is 2. The molecule has 150 valence electrons. The number of pyridine rings is 2. The van der Waals surface area contributed by atoms with Crippen LogP contribution >= 0.6 is 0 Å². The van der Waals surface area contributed by atoms with Crippen molar-refractivity contribution < 1.29 is 4.92 Å². The molecule has 1 N–H and O–H groups in total. The summed E-state index contributed by atoms with van der Waals surface area (Å²) in [5.74, 6) is 0.587. The van der Waals surface area contributed by atoms with Gasteiger partial charge in [-0.05, 0) is 37.3 Å². The Balaban J connectivity index is 1.67. The molecule has 1 aliphatic heterocycles. The lowest BCUT2D eigenvalue weighted by Gasteiger charge is -2.42. The molecule has 0 aliphatic carbocycles. The summed E-state index contributed by atoms with van der Waals surface area (Å²) in [6.45, 7) is 2.28. The summed E-state index contributed by atoms with van der Waals surface area (Å²) in [5.41, 5.74) is 2.47. The molecule has 7 nitrogen and oxygen atoms in total. The number of hydrogen-bond donors (Lipinski definition) is 1. The highest BCUT2D eigenvalue weighted by molar-refractivity contribution is 5.81. The van der Waals surface area contributed by atoms with Crippen molar-refractivity contribution in [2.75, 3.05) is 11.4 Å². The third-order valence-corrected chi connectivity index (χ3v) is 5.73. The van der Waals surface area contributed by atoms with Gasteiger partial charge in [0.2, 0.25) is 0 Å². The molecule has 0 bridgehead atoms. The fourth-order valence-corrected chi connectivity index (χ4v) is 4.24. The summed E-state index contributed by atoms with van der Waals surface area (Å²) in [4.78, 5) is 23.2. The van der Waals surface area contributed by atoms with E-state index in [1.54, 1.807) is 0 Å². The maximum atomic E-state index is 12.0. The number of benzene rings is 2. The van der Waals surface area contributed by atoms with Crippen molar-refractivity contribution in [3.8, 4) is 0 Å². The lowest BCUT2D eigenvalue weighted by atomic mass is 9.98. The first kappa shape index (κ1) is 18.4. The normalized spacial score (nSPS) is 21.8. The van der Waals surface area contributed by atoms with Crippen LogP contribution < -0.4 is 10.2 Å². The van der Waals surface area contributed by atoms with Crippen molar-refractivity contribution in [3.05, 3.63) is 88.6 Å². The molecule has 1 fully saturated rings. The highest BCUT2D eigenvalue weighted by atomic mass is 16.6. The second-order valence-electron chi connectivity index (χ2n) is 7.61.